The van der Waals surface area contributed by atoms with Crippen LogP contribution in [0.5, 0.6) is 0 Å². The van der Waals surface area contributed by atoms with Crippen molar-refractivity contribution in [1.29, 1.82) is 0 Å². The summed E-state index contributed by atoms with van der Waals surface area (Å²) in [6.45, 7) is 0. The van der Waals surface area contributed by atoms with Gasteiger partial charge in [-0.3, -0.25) is 4.79 Å². The van der Waals surface area contributed by atoms with Gasteiger partial charge in [-0.1, -0.05) is 5.16 Å². The third-order valence-corrected chi connectivity index (χ3v) is 2.85. The molecule has 0 unspecified atom stereocenters. The molecule has 96 valence electrons. The summed E-state index contributed by atoms with van der Waals surface area (Å²) in [7, 11) is 0. The average molecular weight is 324 g/mol. The molecule has 18 heavy (non-hydrogen) atoms. The Morgan fingerprint density at radius 2 is 1.94 bits per heavy atom. The van der Waals surface area contributed by atoms with Crippen LogP contribution in [-0.2, 0) is 6.18 Å². The number of benzene rings is 1. The second-order valence-corrected chi connectivity index (χ2v) is 4.26. The van der Waals surface area contributed by atoms with E-state index < -0.39 is 22.8 Å². The van der Waals surface area contributed by atoms with E-state index >= 15 is 0 Å². The highest BCUT2D eigenvalue weighted by Crippen LogP contribution is 2.33. The monoisotopic (exact) mass is 323 g/mol. The first-order valence-electron chi connectivity index (χ1n) is 4.54. The van der Waals surface area contributed by atoms with Crippen LogP contribution in [0.4, 0.5) is 13.2 Å². The van der Waals surface area contributed by atoms with Crippen molar-refractivity contribution >= 4 is 27.0 Å². The minimum atomic E-state index is -4.52. The van der Waals surface area contributed by atoms with E-state index in [1.54, 1.807) is 0 Å². The summed E-state index contributed by atoms with van der Waals surface area (Å²) in [5.74, 6) is 0. The maximum Gasteiger partial charge on any atom is 0.416 e. The molecule has 1 aromatic heterocycles. The van der Waals surface area contributed by atoms with Crippen molar-refractivity contribution in [2.24, 2.45) is 5.16 Å². The number of hydrogen-bond acceptors (Lipinski definition) is 3. The maximum absolute atomic E-state index is 12.6. The molecule has 0 saturated heterocycles. The van der Waals surface area contributed by atoms with Crippen LogP contribution in [-0.4, -0.2) is 15.2 Å². The van der Waals surface area contributed by atoms with Crippen LogP contribution < -0.4 is 11.0 Å². The third-order valence-electron chi connectivity index (χ3n) is 2.22. The van der Waals surface area contributed by atoms with E-state index in [1.165, 1.54) is 0 Å². The normalized spacial score (nSPS) is 13.2. The standard InChI is InChI=1S/C9H5BrF3N3O2/c10-4-1-3(9(11,12)13)2-5-6(4)15-7(16-18)8(17)14-5/h1-2,18H,(H,14,17)(H,15,16). The molecule has 0 radical (unpaired) electrons. The minimum Gasteiger partial charge on any atom is -0.409 e. The Morgan fingerprint density at radius 3 is 2.50 bits per heavy atom. The fourth-order valence-corrected chi connectivity index (χ4v) is 1.98. The van der Waals surface area contributed by atoms with Gasteiger partial charge in [-0.15, -0.1) is 0 Å². The molecule has 0 fully saturated rings. The summed E-state index contributed by atoms with van der Waals surface area (Å²) in [5, 5.41) is 11.2. The maximum atomic E-state index is 12.6. The number of hydrogen-bond donors (Lipinski definition) is 3. The highest BCUT2D eigenvalue weighted by atomic mass is 79.9. The zero-order chi connectivity index (χ0) is 13.5. The quantitative estimate of drug-likeness (QED) is 0.511. The van der Waals surface area contributed by atoms with Crippen molar-refractivity contribution < 1.29 is 18.4 Å². The number of alkyl halides is 3. The number of aromatic nitrogens is 2. The zero-order valence-corrected chi connectivity index (χ0v) is 10.1. The molecule has 3 N–H and O–H groups in total. The number of rotatable bonds is 0. The van der Waals surface area contributed by atoms with Crippen LogP contribution in [0.3, 0.4) is 0 Å². The Balaban J connectivity index is 2.88. The van der Waals surface area contributed by atoms with Crippen molar-refractivity contribution in [3.05, 3.63) is 38.0 Å². The van der Waals surface area contributed by atoms with E-state index in [-0.39, 0.29) is 15.5 Å². The van der Waals surface area contributed by atoms with E-state index in [2.05, 4.69) is 31.1 Å². The van der Waals surface area contributed by atoms with E-state index in [0.717, 1.165) is 12.1 Å². The van der Waals surface area contributed by atoms with E-state index in [1.807, 2.05) is 0 Å². The summed E-state index contributed by atoms with van der Waals surface area (Å²) in [6, 6.07) is 1.65. The summed E-state index contributed by atoms with van der Waals surface area (Å²) in [5.41, 5.74) is -1.98. The van der Waals surface area contributed by atoms with Crippen LogP contribution >= 0.6 is 15.9 Å². The Morgan fingerprint density at radius 1 is 1.28 bits per heavy atom. The first-order valence-corrected chi connectivity index (χ1v) is 5.33. The highest BCUT2D eigenvalue weighted by molar-refractivity contribution is 9.10. The smallest absolute Gasteiger partial charge is 0.409 e. The van der Waals surface area contributed by atoms with E-state index in [4.69, 9.17) is 5.21 Å². The first-order chi connectivity index (χ1) is 8.32. The van der Waals surface area contributed by atoms with Crippen molar-refractivity contribution in [3.63, 3.8) is 0 Å². The van der Waals surface area contributed by atoms with E-state index in [9.17, 15) is 18.0 Å². The molecule has 0 spiro atoms. The van der Waals surface area contributed by atoms with Crippen molar-refractivity contribution in [2.75, 3.05) is 0 Å². The molecule has 0 amide bonds. The predicted octanol–water partition coefficient (Wildman–Crippen LogP) is 1.93. The van der Waals surface area contributed by atoms with Crippen LogP contribution in [0.2, 0.25) is 0 Å². The molecule has 0 aliphatic rings. The summed E-state index contributed by atoms with van der Waals surface area (Å²) in [6.07, 6.45) is -4.52. The summed E-state index contributed by atoms with van der Waals surface area (Å²) in [4.78, 5) is 15.9. The number of nitrogens with zero attached hydrogens (tertiary/aromatic N) is 1. The average Bonchev–Trinajstić information content (AvgIpc) is 2.26. The third kappa shape index (κ3) is 2.13. The Kier molecular flexibility index (Phi) is 2.93. The largest absolute Gasteiger partial charge is 0.416 e. The molecule has 0 aliphatic carbocycles. The van der Waals surface area contributed by atoms with Gasteiger partial charge in [0.25, 0.3) is 5.56 Å². The van der Waals surface area contributed by atoms with Gasteiger partial charge in [-0.05, 0) is 28.1 Å². The molecule has 0 bridgehead atoms. The molecule has 1 heterocycles. The topological polar surface area (TPSA) is 81.2 Å². The van der Waals surface area contributed by atoms with Crippen molar-refractivity contribution in [3.8, 4) is 0 Å². The lowest BCUT2D eigenvalue weighted by Crippen LogP contribution is -2.30. The van der Waals surface area contributed by atoms with Crippen LogP contribution in [0.1, 0.15) is 5.56 Å². The first kappa shape index (κ1) is 12.7. The zero-order valence-electron chi connectivity index (χ0n) is 8.47. The lowest BCUT2D eigenvalue weighted by atomic mass is 10.2. The van der Waals surface area contributed by atoms with Crippen molar-refractivity contribution in [1.82, 2.24) is 9.97 Å². The van der Waals surface area contributed by atoms with E-state index in [0.29, 0.717) is 0 Å². The fraction of sp³-hybridized carbons (Fsp3) is 0.111. The Hall–Kier alpha value is -1.77. The molecule has 2 aromatic rings. The van der Waals surface area contributed by atoms with Gasteiger partial charge in [0.1, 0.15) is 0 Å². The lowest BCUT2D eigenvalue weighted by Gasteiger charge is -2.09. The second-order valence-electron chi connectivity index (χ2n) is 3.41. The molecule has 1 aromatic carbocycles. The number of halogens is 4. The predicted molar refractivity (Wildman–Crippen MR) is 59.0 cm³/mol. The van der Waals surface area contributed by atoms with Crippen molar-refractivity contribution in [2.45, 2.75) is 6.18 Å². The highest BCUT2D eigenvalue weighted by Gasteiger charge is 2.31. The van der Waals surface area contributed by atoms with Crippen LogP contribution in [0, 0.1) is 0 Å². The SMILES string of the molecule is O=c1[nH]c2cc(C(F)(F)F)cc(Br)c2[nH]/c1=N\O. The molecule has 0 saturated carbocycles. The second kappa shape index (κ2) is 4.16. The molecule has 9 heteroatoms. The van der Waals surface area contributed by atoms with Gasteiger partial charge in [-0.25, -0.2) is 0 Å². The number of fused-ring (bicyclic) bond motifs is 1. The van der Waals surface area contributed by atoms with Gasteiger partial charge in [-0.2, -0.15) is 13.2 Å². The molecule has 0 aliphatic heterocycles. The minimum absolute atomic E-state index is 0.0471. The Bertz CT molecular complexity index is 732. The number of aromatic amines is 2. The molecule has 0 atom stereocenters. The summed E-state index contributed by atoms with van der Waals surface area (Å²) >= 11 is 2.95. The van der Waals surface area contributed by atoms with Crippen LogP contribution in [0.15, 0.2) is 26.6 Å². The fourth-order valence-electron chi connectivity index (χ4n) is 1.42. The van der Waals surface area contributed by atoms with Gasteiger partial charge in [0, 0.05) is 4.47 Å². The molecule has 5 nitrogen and oxygen atoms in total. The summed E-state index contributed by atoms with van der Waals surface area (Å²) < 4.78 is 37.8. The molecular formula is C9H5BrF3N3O2. The van der Waals surface area contributed by atoms with Gasteiger partial charge in [0.2, 0.25) is 5.49 Å². The molecule has 2 rings (SSSR count). The van der Waals surface area contributed by atoms with Gasteiger partial charge in [0.15, 0.2) is 0 Å². The van der Waals surface area contributed by atoms with Gasteiger partial charge >= 0.3 is 6.18 Å². The van der Waals surface area contributed by atoms with Crippen LogP contribution in [0.25, 0.3) is 11.0 Å². The van der Waals surface area contributed by atoms with Gasteiger partial charge < -0.3 is 15.2 Å². The Labute approximate surface area is 105 Å². The molecular weight excluding hydrogens is 319 g/mol. The number of H-pyrrole nitrogens is 2. The lowest BCUT2D eigenvalue weighted by molar-refractivity contribution is -0.137. The van der Waals surface area contributed by atoms with Gasteiger partial charge in [0.05, 0.1) is 16.6 Å². The number of nitrogens with one attached hydrogen (secondary N) is 2.